The molecule has 3 rings (SSSR count). The Hall–Kier alpha value is -1.75. The van der Waals surface area contributed by atoms with Gasteiger partial charge in [0.2, 0.25) is 0 Å². The molecule has 0 aliphatic carbocycles. The fourth-order valence-corrected chi connectivity index (χ4v) is 2.06. The van der Waals surface area contributed by atoms with E-state index in [1.54, 1.807) is 16.8 Å². The van der Waals surface area contributed by atoms with Crippen molar-refractivity contribution in [2.24, 2.45) is 0 Å². The van der Waals surface area contributed by atoms with Crippen LogP contribution in [0.4, 0.5) is 0 Å². The van der Waals surface area contributed by atoms with Crippen LogP contribution < -0.4 is 5.56 Å². The maximum absolute atomic E-state index is 12.0. The number of nitrogens with zero attached hydrogens (tertiary/aromatic N) is 3. The lowest BCUT2D eigenvalue weighted by atomic mass is 10.00. The van der Waals surface area contributed by atoms with Crippen LogP contribution >= 0.6 is 0 Å². The van der Waals surface area contributed by atoms with E-state index in [2.05, 4.69) is 9.97 Å². The average Bonchev–Trinajstić information content (AvgIpc) is 2.25. The molecule has 5 nitrogen and oxygen atoms in total. The third-order valence-electron chi connectivity index (χ3n) is 3.14. The maximum atomic E-state index is 12.0. The first-order valence-corrected chi connectivity index (χ1v) is 5.53. The van der Waals surface area contributed by atoms with Crippen LogP contribution in [0.25, 0.3) is 10.9 Å². The minimum Gasteiger partial charge on any atom is -0.376 e. The second kappa shape index (κ2) is 3.37. The molecule has 2 aromatic heterocycles. The molecule has 88 valence electrons. The molecular weight excluding hydrogens is 218 g/mol. The number of fused-ring (bicyclic) bond motifs is 1. The highest BCUT2D eigenvalue weighted by Gasteiger charge is 2.36. The summed E-state index contributed by atoms with van der Waals surface area (Å²) in [5.41, 5.74) is 0.430. The summed E-state index contributed by atoms with van der Waals surface area (Å²) in [7, 11) is 0. The Kier molecular flexibility index (Phi) is 2.06. The number of aryl methyl sites for hydroxylation is 1. The van der Waals surface area contributed by atoms with Gasteiger partial charge in [-0.25, -0.2) is 9.97 Å². The van der Waals surface area contributed by atoms with Gasteiger partial charge in [0.15, 0.2) is 0 Å². The summed E-state index contributed by atoms with van der Waals surface area (Å²) < 4.78 is 6.91. The molecule has 5 heteroatoms. The Labute approximate surface area is 98.1 Å². The quantitative estimate of drug-likeness (QED) is 0.730. The van der Waals surface area contributed by atoms with Crippen molar-refractivity contribution in [1.82, 2.24) is 14.5 Å². The number of aromatic nitrogens is 3. The first kappa shape index (κ1) is 10.4. The summed E-state index contributed by atoms with van der Waals surface area (Å²) in [6.45, 7) is 4.97. The second-order valence-corrected chi connectivity index (χ2v) is 4.73. The van der Waals surface area contributed by atoms with Crippen molar-refractivity contribution in [2.75, 3.05) is 13.2 Å². The van der Waals surface area contributed by atoms with E-state index in [0.29, 0.717) is 24.6 Å². The fourth-order valence-electron chi connectivity index (χ4n) is 2.06. The first-order chi connectivity index (χ1) is 8.08. The van der Waals surface area contributed by atoms with Crippen LogP contribution in [0, 0.1) is 6.92 Å². The Balaban J connectivity index is 2.24. The molecule has 0 N–H and O–H groups in total. The SMILES string of the molecule is Cc1ncc2cn(C3(C)COC3)c(=O)cc2n1. The fraction of sp³-hybridized carbons (Fsp3) is 0.417. The lowest BCUT2D eigenvalue weighted by Crippen LogP contribution is -2.52. The molecular formula is C12H13N3O2. The minimum atomic E-state index is -0.226. The van der Waals surface area contributed by atoms with Gasteiger partial charge < -0.3 is 9.30 Å². The first-order valence-electron chi connectivity index (χ1n) is 5.53. The van der Waals surface area contributed by atoms with Crippen molar-refractivity contribution in [1.29, 1.82) is 0 Å². The zero-order valence-corrected chi connectivity index (χ0v) is 9.80. The number of hydrogen-bond donors (Lipinski definition) is 0. The molecule has 0 bridgehead atoms. The molecule has 1 aliphatic heterocycles. The molecule has 1 aliphatic rings. The van der Waals surface area contributed by atoms with Gasteiger partial charge in [-0.2, -0.15) is 0 Å². The highest BCUT2D eigenvalue weighted by atomic mass is 16.5. The second-order valence-electron chi connectivity index (χ2n) is 4.73. The molecule has 2 aromatic rings. The van der Waals surface area contributed by atoms with E-state index in [9.17, 15) is 4.79 Å². The molecule has 17 heavy (non-hydrogen) atoms. The molecule has 3 heterocycles. The van der Waals surface area contributed by atoms with Crippen molar-refractivity contribution in [3.8, 4) is 0 Å². The molecule has 0 atom stereocenters. The van der Waals surface area contributed by atoms with Crippen molar-refractivity contribution < 1.29 is 4.74 Å². The van der Waals surface area contributed by atoms with Crippen LogP contribution in [0.5, 0.6) is 0 Å². The maximum Gasteiger partial charge on any atom is 0.253 e. The zero-order valence-electron chi connectivity index (χ0n) is 9.80. The van der Waals surface area contributed by atoms with Gasteiger partial charge in [-0.15, -0.1) is 0 Å². The van der Waals surface area contributed by atoms with E-state index < -0.39 is 0 Å². The van der Waals surface area contributed by atoms with Gasteiger partial charge in [0, 0.05) is 23.8 Å². The summed E-state index contributed by atoms with van der Waals surface area (Å²) in [6, 6.07) is 1.56. The summed E-state index contributed by atoms with van der Waals surface area (Å²) in [6.07, 6.45) is 3.57. The van der Waals surface area contributed by atoms with Crippen molar-refractivity contribution in [3.05, 3.63) is 34.6 Å². The smallest absolute Gasteiger partial charge is 0.253 e. The van der Waals surface area contributed by atoms with E-state index in [0.717, 1.165) is 5.39 Å². The van der Waals surface area contributed by atoms with Gasteiger partial charge in [-0.3, -0.25) is 4.79 Å². The third kappa shape index (κ3) is 1.54. The van der Waals surface area contributed by atoms with Crippen molar-refractivity contribution in [2.45, 2.75) is 19.4 Å². The Morgan fingerprint density at radius 1 is 1.47 bits per heavy atom. The van der Waals surface area contributed by atoms with E-state index in [1.165, 1.54) is 0 Å². The summed E-state index contributed by atoms with van der Waals surface area (Å²) in [5.74, 6) is 0.674. The molecule has 0 unspecified atom stereocenters. The molecule has 1 fully saturated rings. The van der Waals surface area contributed by atoms with E-state index in [-0.39, 0.29) is 11.1 Å². The van der Waals surface area contributed by atoms with Gasteiger partial charge in [-0.1, -0.05) is 0 Å². The zero-order chi connectivity index (χ0) is 12.0. The summed E-state index contributed by atoms with van der Waals surface area (Å²) >= 11 is 0. The van der Waals surface area contributed by atoms with Crippen LogP contribution in [0.1, 0.15) is 12.7 Å². The molecule has 0 saturated carbocycles. The van der Waals surface area contributed by atoms with Crippen molar-refractivity contribution in [3.63, 3.8) is 0 Å². The van der Waals surface area contributed by atoms with E-state index in [1.807, 2.05) is 20.0 Å². The third-order valence-corrected chi connectivity index (χ3v) is 3.14. The summed E-state index contributed by atoms with van der Waals surface area (Å²) in [4.78, 5) is 20.4. The van der Waals surface area contributed by atoms with Crippen molar-refractivity contribution >= 4 is 10.9 Å². The van der Waals surface area contributed by atoms with E-state index >= 15 is 0 Å². The van der Waals surface area contributed by atoms with Crippen LogP contribution in [0.3, 0.4) is 0 Å². The number of ether oxygens (including phenoxy) is 1. The number of hydrogen-bond acceptors (Lipinski definition) is 4. The normalized spacial score (nSPS) is 18.0. The highest BCUT2D eigenvalue weighted by molar-refractivity contribution is 5.76. The van der Waals surface area contributed by atoms with Crippen LogP contribution in [0.2, 0.25) is 0 Å². The minimum absolute atomic E-state index is 0.0404. The molecule has 0 amide bonds. The summed E-state index contributed by atoms with van der Waals surface area (Å²) in [5, 5.41) is 0.878. The highest BCUT2D eigenvalue weighted by Crippen LogP contribution is 2.24. The van der Waals surface area contributed by atoms with Gasteiger partial charge in [0.1, 0.15) is 5.82 Å². The Bertz CT molecular complexity index is 644. The predicted octanol–water partition coefficient (Wildman–Crippen LogP) is 0.845. The molecule has 0 spiro atoms. The lowest BCUT2D eigenvalue weighted by molar-refractivity contribution is -0.0912. The number of pyridine rings is 1. The van der Waals surface area contributed by atoms with Crippen LogP contribution in [0.15, 0.2) is 23.3 Å². The van der Waals surface area contributed by atoms with Gasteiger partial charge in [-0.05, 0) is 13.8 Å². The Morgan fingerprint density at radius 2 is 2.24 bits per heavy atom. The largest absolute Gasteiger partial charge is 0.376 e. The van der Waals surface area contributed by atoms with Gasteiger partial charge in [0.25, 0.3) is 5.56 Å². The topological polar surface area (TPSA) is 57.0 Å². The molecule has 0 aromatic carbocycles. The Morgan fingerprint density at radius 3 is 2.88 bits per heavy atom. The van der Waals surface area contributed by atoms with Crippen LogP contribution in [-0.4, -0.2) is 27.7 Å². The number of rotatable bonds is 1. The monoisotopic (exact) mass is 231 g/mol. The van der Waals surface area contributed by atoms with Gasteiger partial charge >= 0.3 is 0 Å². The predicted molar refractivity (Wildman–Crippen MR) is 63.0 cm³/mol. The van der Waals surface area contributed by atoms with Crippen LogP contribution in [-0.2, 0) is 10.3 Å². The van der Waals surface area contributed by atoms with E-state index in [4.69, 9.17) is 4.74 Å². The molecule has 1 saturated heterocycles. The standard InChI is InChI=1S/C12H13N3O2/c1-8-13-4-9-5-15(12(2)6-17-7-12)11(16)3-10(9)14-8/h3-5H,6-7H2,1-2H3. The average molecular weight is 231 g/mol. The van der Waals surface area contributed by atoms with Gasteiger partial charge in [0.05, 0.1) is 24.3 Å². The lowest BCUT2D eigenvalue weighted by Gasteiger charge is -2.39. The molecule has 0 radical (unpaired) electrons.